The van der Waals surface area contributed by atoms with Crippen LogP contribution in [0.2, 0.25) is 0 Å². The lowest BCUT2D eigenvalue weighted by atomic mass is 10.1. The quantitative estimate of drug-likeness (QED) is 0.581. The Hall–Kier alpha value is -2.32. The van der Waals surface area contributed by atoms with Gasteiger partial charge < -0.3 is 20.5 Å². The number of nitrogens with zero attached hydrogens (tertiary/aromatic N) is 3. The van der Waals surface area contributed by atoms with E-state index in [-0.39, 0.29) is 30.9 Å². The van der Waals surface area contributed by atoms with E-state index in [0.717, 1.165) is 18.4 Å². The Balaban J connectivity index is 0.00000392. The number of methoxy groups -OCH3 is 2. The first kappa shape index (κ1) is 23.7. The summed E-state index contributed by atoms with van der Waals surface area (Å²) in [6, 6.07) is 5.35. The molecule has 0 spiro atoms. The third kappa shape index (κ3) is 6.38. The van der Waals surface area contributed by atoms with Gasteiger partial charge in [-0.1, -0.05) is 19.4 Å². The monoisotopic (exact) mass is 411 g/mol. The SMILES string of the molecule is CCCCNC(=O)Cn1nc(Cc2ccc(OC)c(OC)c2)nc1[C@@H](C)N.Cl. The van der Waals surface area contributed by atoms with E-state index in [2.05, 4.69) is 22.3 Å². The number of rotatable bonds is 10. The molecule has 0 aliphatic carbocycles. The normalized spacial score (nSPS) is 11.5. The highest BCUT2D eigenvalue weighted by atomic mass is 35.5. The van der Waals surface area contributed by atoms with Crippen LogP contribution in [-0.4, -0.2) is 41.4 Å². The fraction of sp³-hybridized carbons (Fsp3) is 0.526. The summed E-state index contributed by atoms with van der Waals surface area (Å²) < 4.78 is 12.2. The number of nitrogens with one attached hydrogen (secondary N) is 1. The van der Waals surface area contributed by atoms with Crippen LogP contribution in [0.5, 0.6) is 11.5 Å². The molecule has 0 bridgehead atoms. The maximum atomic E-state index is 12.1. The van der Waals surface area contributed by atoms with Gasteiger partial charge in [-0.25, -0.2) is 9.67 Å². The molecule has 0 aliphatic heterocycles. The molecule has 9 heteroatoms. The second-order valence-electron chi connectivity index (χ2n) is 6.40. The van der Waals surface area contributed by atoms with Crippen molar-refractivity contribution in [3.8, 4) is 11.5 Å². The van der Waals surface area contributed by atoms with Crippen LogP contribution in [0.25, 0.3) is 0 Å². The van der Waals surface area contributed by atoms with Crippen molar-refractivity contribution >= 4 is 18.3 Å². The second kappa shape index (κ2) is 11.5. The highest BCUT2D eigenvalue weighted by Gasteiger charge is 2.16. The van der Waals surface area contributed by atoms with Crippen LogP contribution < -0.4 is 20.5 Å². The predicted octanol–water partition coefficient (Wildman–Crippen LogP) is 2.24. The molecule has 2 rings (SSSR count). The fourth-order valence-electron chi connectivity index (χ4n) is 2.70. The Labute approximate surface area is 172 Å². The van der Waals surface area contributed by atoms with Crippen molar-refractivity contribution in [2.45, 2.75) is 45.7 Å². The van der Waals surface area contributed by atoms with Crippen molar-refractivity contribution in [2.24, 2.45) is 5.73 Å². The zero-order chi connectivity index (χ0) is 19.8. The van der Waals surface area contributed by atoms with Gasteiger partial charge in [0.05, 0.1) is 20.3 Å². The second-order valence-corrected chi connectivity index (χ2v) is 6.40. The molecule has 1 aromatic carbocycles. The summed E-state index contributed by atoms with van der Waals surface area (Å²) in [6.07, 6.45) is 2.49. The van der Waals surface area contributed by atoms with Crippen LogP contribution in [-0.2, 0) is 17.8 Å². The van der Waals surface area contributed by atoms with Crippen molar-refractivity contribution in [3.63, 3.8) is 0 Å². The highest BCUT2D eigenvalue weighted by Crippen LogP contribution is 2.28. The van der Waals surface area contributed by atoms with Gasteiger partial charge in [-0.2, -0.15) is 5.10 Å². The Bertz CT molecular complexity index is 764. The molecule has 156 valence electrons. The van der Waals surface area contributed by atoms with E-state index < -0.39 is 0 Å². The van der Waals surface area contributed by atoms with E-state index in [0.29, 0.717) is 36.1 Å². The maximum absolute atomic E-state index is 12.1. The molecular formula is C19H30ClN5O3. The molecule has 28 heavy (non-hydrogen) atoms. The summed E-state index contributed by atoms with van der Waals surface area (Å²) in [4.78, 5) is 16.6. The third-order valence-electron chi connectivity index (χ3n) is 4.11. The van der Waals surface area contributed by atoms with Gasteiger partial charge in [-0.05, 0) is 31.0 Å². The summed E-state index contributed by atoms with van der Waals surface area (Å²) in [6.45, 7) is 4.68. The van der Waals surface area contributed by atoms with Gasteiger partial charge >= 0.3 is 0 Å². The van der Waals surface area contributed by atoms with Crippen molar-refractivity contribution < 1.29 is 14.3 Å². The highest BCUT2D eigenvalue weighted by molar-refractivity contribution is 5.85. The molecule has 2 aromatic rings. The number of ether oxygens (including phenoxy) is 2. The average molecular weight is 412 g/mol. The molecule has 3 N–H and O–H groups in total. The first-order valence-corrected chi connectivity index (χ1v) is 9.15. The zero-order valence-corrected chi connectivity index (χ0v) is 17.7. The van der Waals surface area contributed by atoms with E-state index in [9.17, 15) is 4.79 Å². The summed E-state index contributed by atoms with van der Waals surface area (Å²) in [5, 5.41) is 7.37. The van der Waals surface area contributed by atoms with Crippen molar-refractivity contribution in [1.82, 2.24) is 20.1 Å². The number of nitrogens with two attached hydrogens (primary N) is 1. The molecule has 1 amide bonds. The van der Waals surface area contributed by atoms with Gasteiger partial charge in [0.15, 0.2) is 17.3 Å². The number of carbonyl (C=O) groups excluding carboxylic acids is 1. The van der Waals surface area contributed by atoms with E-state index in [1.54, 1.807) is 18.9 Å². The van der Waals surface area contributed by atoms with Crippen molar-refractivity contribution in [2.75, 3.05) is 20.8 Å². The zero-order valence-electron chi connectivity index (χ0n) is 16.9. The minimum Gasteiger partial charge on any atom is -0.493 e. The Morgan fingerprint density at radius 2 is 2.00 bits per heavy atom. The summed E-state index contributed by atoms with van der Waals surface area (Å²) in [5.74, 6) is 2.43. The lowest BCUT2D eigenvalue weighted by Gasteiger charge is -2.08. The number of halogens is 1. The lowest BCUT2D eigenvalue weighted by molar-refractivity contribution is -0.121. The maximum Gasteiger partial charge on any atom is 0.241 e. The number of carbonyl (C=O) groups is 1. The summed E-state index contributed by atoms with van der Waals surface area (Å²) >= 11 is 0. The number of hydrogen-bond donors (Lipinski definition) is 2. The molecule has 0 saturated carbocycles. The minimum atomic E-state index is -0.319. The molecule has 1 aromatic heterocycles. The minimum absolute atomic E-state index is 0. The first-order valence-electron chi connectivity index (χ1n) is 9.15. The van der Waals surface area contributed by atoms with Gasteiger partial charge in [0.2, 0.25) is 5.91 Å². The Morgan fingerprint density at radius 1 is 1.29 bits per heavy atom. The van der Waals surface area contributed by atoms with Crippen LogP contribution in [0.4, 0.5) is 0 Å². The van der Waals surface area contributed by atoms with E-state index in [1.807, 2.05) is 25.1 Å². The lowest BCUT2D eigenvalue weighted by Crippen LogP contribution is -2.30. The van der Waals surface area contributed by atoms with Crippen LogP contribution >= 0.6 is 12.4 Å². The van der Waals surface area contributed by atoms with Gasteiger partial charge in [0.1, 0.15) is 12.4 Å². The van der Waals surface area contributed by atoms with Crippen molar-refractivity contribution in [1.29, 1.82) is 0 Å². The topological polar surface area (TPSA) is 104 Å². The fourth-order valence-corrected chi connectivity index (χ4v) is 2.70. The molecule has 0 fully saturated rings. The van der Waals surface area contributed by atoms with Gasteiger partial charge in [-0.15, -0.1) is 12.4 Å². The molecule has 0 unspecified atom stereocenters. The smallest absolute Gasteiger partial charge is 0.241 e. The van der Waals surface area contributed by atoms with Crippen LogP contribution in [0.15, 0.2) is 18.2 Å². The number of unbranched alkanes of at least 4 members (excludes halogenated alkanes) is 1. The summed E-state index contributed by atoms with van der Waals surface area (Å²) in [5.41, 5.74) is 6.99. The Kier molecular flexibility index (Phi) is 9.75. The number of benzene rings is 1. The van der Waals surface area contributed by atoms with Crippen LogP contribution in [0, 0.1) is 0 Å². The van der Waals surface area contributed by atoms with Crippen molar-refractivity contribution in [3.05, 3.63) is 35.4 Å². The largest absolute Gasteiger partial charge is 0.493 e. The average Bonchev–Trinajstić information content (AvgIpc) is 3.04. The van der Waals surface area contributed by atoms with Gasteiger partial charge in [-0.3, -0.25) is 4.79 Å². The molecule has 0 radical (unpaired) electrons. The molecule has 0 saturated heterocycles. The number of hydrogen-bond acceptors (Lipinski definition) is 6. The van der Waals surface area contributed by atoms with E-state index >= 15 is 0 Å². The molecule has 1 heterocycles. The van der Waals surface area contributed by atoms with E-state index in [1.165, 1.54) is 0 Å². The predicted molar refractivity (Wildman–Crippen MR) is 110 cm³/mol. The standard InChI is InChI=1S/C19H29N5O3.ClH/c1-5-6-9-21-18(25)12-24-19(13(2)20)22-17(23-24)11-14-7-8-15(26-3)16(10-14)27-4;/h7-8,10,13H,5-6,9,11-12,20H2,1-4H3,(H,21,25);1H/t13-;/m1./s1. The van der Waals surface area contributed by atoms with E-state index in [4.69, 9.17) is 15.2 Å². The first-order chi connectivity index (χ1) is 13.0. The summed E-state index contributed by atoms with van der Waals surface area (Å²) in [7, 11) is 3.20. The molecule has 8 nitrogen and oxygen atoms in total. The third-order valence-corrected chi connectivity index (χ3v) is 4.11. The number of amides is 1. The Morgan fingerprint density at radius 3 is 2.61 bits per heavy atom. The molecular weight excluding hydrogens is 382 g/mol. The number of aromatic nitrogens is 3. The molecule has 0 aliphatic rings. The van der Waals surface area contributed by atoms with Gasteiger partial charge in [0.25, 0.3) is 0 Å². The van der Waals surface area contributed by atoms with Gasteiger partial charge in [0, 0.05) is 13.0 Å². The van der Waals surface area contributed by atoms with Crippen LogP contribution in [0.1, 0.15) is 49.9 Å². The van der Waals surface area contributed by atoms with Crippen LogP contribution in [0.3, 0.4) is 0 Å². The molecule has 1 atom stereocenters.